The van der Waals surface area contributed by atoms with Gasteiger partial charge in [-0.05, 0) is 36.3 Å². The lowest BCUT2D eigenvalue weighted by Crippen LogP contribution is -2.17. The average molecular weight is 192 g/mol. The number of rotatable bonds is 4. The van der Waals surface area contributed by atoms with Crippen molar-refractivity contribution in [3.8, 4) is 0 Å². The lowest BCUT2D eigenvalue weighted by molar-refractivity contribution is 0.210. The van der Waals surface area contributed by atoms with Gasteiger partial charge in [0.25, 0.3) is 0 Å². The second-order valence-electron chi connectivity index (χ2n) is 4.74. The smallest absolute Gasteiger partial charge is 0.0436 e. The first-order valence-corrected chi connectivity index (χ1v) is 5.20. The maximum Gasteiger partial charge on any atom is 0.0436 e. The van der Waals surface area contributed by atoms with Crippen LogP contribution in [0.5, 0.6) is 0 Å². The lowest BCUT2D eigenvalue weighted by atomic mass is 9.82. The van der Waals surface area contributed by atoms with Gasteiger partial charge in [-0.15, -0.1) is 0 Å². The molecule has 1 aromatic carbocycles. The summed E-state index contributed by atoms with van der Waals surface area (Å²) in [4.78, 5) is 0. The van der Waals surface area contributed by atoms with Crippen LogP contribution in [0.2, 0.25) is 0 Å². The zero-order valence-electron chi connectivity index (χ0n) is 9.38. The molecule has 0 aromatic heterocycles. The quantitative estimate of drug-likeness (QED) is 0.777. The number of aryl methyl sites for hydroxylation is 1. The van der Waals surface area contributed by atoms with Crippen LogP contribution in [0, 0.1) is 12.3 Å². The summed E-state index contributed by atoms with van der Waals surface area (Å²) >= 11 is 0. The molecule has 1 aromatic rings. The van der Waals surface area contributed by atoms with Gasteiger partial charge in [0, 0.05) is 6.61 Å². The molecule has 1 nitrogen and oxygen atoms in total. The van der Waals surface area contributed by atoms with Gasteiger partial charge in [-0.1, -0.05) is 38.1 Å². The molecule has 78 valence electrons. The minimum absolute atomic E-state index is 0.195. The van der Waals surface area contributed by atoms with Crippen LogP contribution in [-0.4, -0.2) is 11.7 Å². The summed E-state index contributed by atoms with van der Waals surface area (Å²) in [6.07, 6.45) is 1.90. The molecule has 1 N–H and O–H groups in total. The summed E-state index contributed by atoms with van der Waals surface area (Å²) in [5.74, 6) is 0. The fraction of sp³-hybridized carbons (Fsp3) is 0.538. The number of aliphatic hydroxyl groups excluding tert-OH is 1. The van der Waals surface area contributed by atoms with Crippen LogP contribution in [0.4, 0.5) is 0 Å². The topological polar surface area (TPSA) is 20.2 Å². The summed E-state index contributed by atoms with van der Waals surface area (Å²) < 4.78 is 0. The summed E-state index contributed by atoms with van der Waals surface area (Å²) in [5.41, 5.74) is 2.94. The van der Waals surface area contributed by atoms with Gasteiger partial charge in [-0.3, -0.25) is 0 Å². The average Bonchev–Trinajstić information content (AvgIpc) is 2.08. The molecule has 0 saturated heterocycles. The van der Waals surface area contributed by atoms with Crippen LogP contribution < -0.4 is 0 Å². The highest BCUT2D eigenvalue weighted by molar-refractivity contribution is 5.26. The second-order valence-corrected chi connectivity index (χ2v) is 4.74. The maximum atomic E-state index is 8.95. The highest BCUT2D eigenvalue weighted by Gasteiger charge is 2.18. The van der Waals surface area contributed by atoms with E-state index in [2.05, 4.69) is 45.0 Å². The zero-order chi connectivity index (χ0) is 10.6. The molecular weight excluding hydrogens is 172 g/mol. The minimum atomic E-state index is 0.195. The highest BCUT2D eigenvalue weighted by Crippen LogP contribution is 2.26. The van der Waals surface area contributed by atoms with Gasteiger partial charge in [0.15, 0.2) is 0 Å². The van der Waals surface area contributed by atoms with E-state index in [1.54, 1.807) is 0 Å². The van der Waals surface area contributed by atoms with Gasteiger partial charge < -0.3 is 5.11 Å². The molecule has 0 saturated carbocycles. The van der Waals surface area contributed by atoms with E-state index in [0.717, 1.165) is 12.8 Å². The Labute approximate surface area is 86.8 Å². The number of hydrogen-bond acceptors (Lipinski definition) is 1. The van der Waals surface area contributed by atoms with Crippen molar-refractivity contribution in [3.63, 3.8) is 0 Å². The Morgan fingerprint density at radius 1 is 1.21 bits per heavy atom. The third-order valence-corrected chi connectivity index (χ3v) is 2.72. The van der Waals surface area contributed by atoms with Gasteiger partial charge in [-0.2, -0.15) is 0 Å². The standard InChI is InChI=1S/C13H20O/c1-11-6-4-5-7-12(11)10-13(2,3)8-9-14/h4-7,14H,8-10H2,1-3H3. The summed E-state index contributed by atoms with van der Waals surface area (Å²) in [7, 11) is 0. The van der Waals surface area contributed by atoms with Crippen molar-refractivity contribution >= 4 is 0 Å². The molecule has 0 aliphatic carbocycles. The van der Waals surface area contributed by atoms with Crippen molar-refractivity contribution in [3.05, 3.63) is 35.4 Å². The molecule has 14 heavy (non-hydrogen) atoms. The monoisotopic (exact) mass is 192 g/mol. The van der Waals surface area contributed by atoms with Crippen molar-refractivity contribution in [1.82, 2.24) is 0 Å². The first-order valence-electron chi connectivity index (χ1n) is 5.20. The van der Waals surface area contributed by atoms with E-state index in [1.165, 1.54) is 11.1 Å². The SMILES string of the molecule is Cc1ccccc1CC(C)(C)CCO. The molecular formula is C13H20O. The molecule has 0 aliphatic heterocycles. The number of aliphatic hydroxyl groups is 1. The largest absolute Gasteiger partial charge is 0.396 e. The Balaban J connectivity index is 2.73. The molecule has 0 amide bonds. The molecule has 0 aliphatic rings. The maximum absolute atomic E-state index is 8.95. The van der Waals surface area contributed by atoms with Crippen LogP contribution in [0.3, 0.4) is 0 Å². The molecule has 1 heteroatoms. The Kier molecular flexibility index (Phi) is 3.70. The fourth-order valence-electron chi connectivity index (χ4n) is 1.72. The van der Waals surface area contributed by atoms with E-state index in [4.69, 9.17) is 5.11 Å². The van der Waals surface area contributed by atoms with Crippen molar-refractivity contribution in [1.29, 1.82) is 0 Å². The van der Waals surface area contributed by atoms with Crippen LogP contribution in [0.15, 0.2) is 24.3 Å². The molecule has 0 heterocycles. The van der Waals surface area contributed by atoms with Crippen molar-refractivity contribution in [2.24, 2.45) is 5.41 Å². The van der Waals surface area contributed by atoms with Gasteiger partial charge in [-0.25, -0.2) is 0 Å². The fourth-order valence-corrected chi connectivity index (χ4v) is 1.72. The molecule has 0 atom stereocenters. The van der Waals surface area contributed by atoms with E-state index in [0.29, 0.717) is 0 Å². The minimum Gasteiger partial charge on any atom is -0.396 e. The Bertz CT molecular complexity index is 289. The molecule has 1 rings (SSSR count). The van der Waals surface area contributed by atoms with Crippen molar-refractivity contribution in [2.45, 2.75) is 33.6 Å². The third kappa shape index (κ3) is 3.15. The second kappa shape index (κ2) is 4.61. The predicted octanol–water partition coefficient (Wildman–Crippen LogP) is 2.95. The molecule has 0 unspecified atom stereocenters. The number of hydrogen-bond donors (Lipinski definition) is 1. The van der Waals surface area contributed by atoms with Gasteiger partial charge in [0.1, 0.15) is 0 Å². The Hall–Kier alpha value is -0.820. The van der Waals surface area contributed by atoms with Crippen molar-refractivity contribution < 1.29 is 5.11 Å². The summed E-state index contributed by atoms with van der Waals surface area (Å²) in [5, 5.41) is 8.95. The predicted molar refractivity (Wildman–Crippen MR) is 60.4 cm³/mol. The van der Waals surface area contributed by atoms with E-state index in [-0.39, 0.29) is 12.0 Å². The summed E-state index contributed by atoms with van der Waals surface area (Å²) in [6.45, 7) is 6.83. The molecule has 0 bridgehead atoms. The molecule has 0 radical (unpaired) electrons. The Morgan fingerprint density at radius 2 is 1.86 bits per heavy atom. The Morgan fingerprint density at radius 3 is 2.43 bits per heavy atom. The van der Waals surface area contributed by atoms with Gasteiger partial charge in [0.05, 0.1) is 0 Å². The first kappa shape index (κ1) is 11.3. The van der Waals surface area contributed by atoms with Gasteiger partial charge >= 0.3 is 0 Å². The zero-order valence-corrected chi connectivity index (χ0v) is 9.38. The normalized spacial score (nSPS) is 11.7. The van der Waals surface area contributed by atoms with E-state index >= 15 is 0 Å². The molecule has 0 fully saturated rings. The van der Waals surface area contributed by atoms with Crippen LogP contribution >= 0.6 is 0 Å². The van der Waals surface area contributed by atoms with Crippen LogP contribution in [-0.2, 0) is 6.42 Å². The molecule has 0 spiro atoms. The number of benzene rings is 1. The first-order chi connectivity index (χ1) is 6.55. The lowest BCUT2D eigenvalue weighted by Gasteiger charge is -2.24. The van der Waals surface area contributed by atoms with Crippen molar-refractivity contribution in [2.75, 3.05) is 6.61 Å². The highest BCUT2D eigenvalue weighted by atomic mass is 16.3. The van der Waals surface area contributed by atoms with Gasteiger partial charge in [0.2, 0.25) is 0 Å². The third-order valence-electron chi connectivity index (χ3n) is 2.72. The van der Waals surface area contributed by atoms with Crippen LogP contribution in [0.1, 0.15) is 31.4 Å². The summed E-state index contributed by atoms with van der Waals surface area (Å²) in [6, 6.07) is 8.47. The van der Waals surface area contributed by atoms with Crippen LogP contribution in [0.25, 0.3) is 0 Å². The van der Waals surface area contributed by atoms with E-state index in [1.807, 2.05) is 0 Å². The van der Waals surface area contributed by atoms with E-state index < -0.39 is 0 Å². The van der Waals surface area contributed by atoms with E-state index in [9.17, 15) is 0 Å².